The van der Waals surface area contributed by atoms with Gasteiger partial charge in [-0.15, -0.1) is 0 Å². The van der Waals surface area contributed by atoms with Gasteiger partial charge in [0.1, 0.15) is 11.6 Å². The third-order valence-electron chi connectivity index (χ3n) is 4.58. The largest absolute Gasteiger partial charge is 0.496 e. The van der Waals surface area contributed by atoms with Crippen LogP contribution in [0.1, 0.15) is 6.92 Å². The maximum atomic E-state index is 13.0. The third kappa shape index (κ3) is 4.36. The second-order valence-electron chi connectivity index (χ2n) is 6.85. The van der Waals surface area contributed by atoms with Gasteiger partial charge in [-0.1, -0.05) is 17.7 Å². The van der Waals surface area contributed by atoms with E-state index in [0.29, 0.717) is 44.4 Å². The minimum atomic E-state index is -3.90. The molecule has 0 saturated heterocycles. The lowest BCUT2D eigenvalue weighted by Gasteiger charge is -2.13. The van der Waals surface area contributed by atoms with Gasteiger partial charge < -0.3 is 10.1 Å². The molecule has 1 amide bonds. The molecule has 0 saturated carbocycles. The van der Waals surface area contributed by atoms with Crippen molar-refractivity contribution in [2.75, 3.05) is 17.1 Å². The predicted octanol–water partition coefficient (Wildman–Crippen LogP) is 4.05. The molecule has 0 atom stereocenters. The van der Waals surface area contributed by atoms with Crippen molar-refractivity contribution >= 4 is 50.1 Å². The molecule has 0 radical (unpaired) electrons. The van der Waals surface area contributed by atoms with Crippen molar-refractivity contribution in [3.8, 4) is 16.9 Å². The molecule has 9 nitrogen and oxygen atoms in total. The molecule has 2 heterocycles. The quantitative estimate of drug-likeness (QED) is 0.389. The molecule has 4 rings (SSSR count). The monoisotopic (exact) mass is 471 g/mol. The summed E-state index contributed by atoms with van der Waals surface area (Å²) in [5, 5.41) is 10.4. The molecule has 2 aromatic heterocycles. The van der Waals surface area contributed by atoms with Crippen molar-refractivity contribution in [3.05, 3.63) is 59.8 Å². The van der Waals surface area contributed by atoms with E-state index in [0.717, 1.165) is 0 Å². The van der Waals surface area contributed by atoms with Gasteiger partial charge in [0.15, 0.2) is 5.65 Å². The molecule has 4 aromatic rings. The number of H-pyrrole nitrogens is 1. The summed E-state index contributed by atoms with van der Waals surface area (Å²) in [7, 11) is -2.41. The van der Waals surface area contributed by atoms with Crippen LogP contribution in [0.25, 0.3) is 22.2 Å². The van der Waals surface area contributed by atoms with E-state index in [1.165, 1.54) is 32.2 Å². The first kappa shape index (κ1) is 21.6. The molecule has 0 fully saturated rings. The number of carbonyl (C=O) groups is 1. The zero-order valence-electron chi connectivity index (χ0n) is 17.0. The van der Waals surface area contributed by atoms with Gasteiger partial charge in [0.05, 0.1) is 23.1 Å². The fraction of sp³-hybridized carbons (Fsp3) is 0.0952. The van der Waals surface area contributed by atoms with E-state index in [9.17, 15) is 13.2 Å². The van der Waals surface area contributed by atoms with E-state index in [-0.39, 0.29) is 10.8 Å². The van der Waals surface area contributed by atoms with Crippen LogP contribution in [0.5, 0.6) is 5.75 Å². The van der Waals surface area contributed by atoms with Crippen LogP contribution in [0, 0.1) is 0 Å². The first-order valence-corrected chi connectivity index (χ1v) is 11.2. The minimum Gasteiger partial charge on any atom is -0.496 e. The number of amides is 1. The second kappa shape index (κ2) is 8.48. The van der Waals surface area contributed by atoms with E-state index in [2.05, 4.69) is 25.2 Å². The van der Waals surface area contributed by atoms with Crippen LogP contribution in [0.3, 0.4) is 0 Å². The molecular weight excluding hydrogens is 454 g/mol. The average Bonchev–Trinajstić information content (AvgIpc) is 3.14. The Morgan fingerprint density at radius 2 is 1.97 bits per heavy atom. The molecule has 0 unspecified atom stereocenters. The summed E-state index contributed by atoms with van der Waals surface area (Å²) in [6.07, 6.45) is 1.55. The molecule has 164 valence electrons. The summed E-state index contributed by atoms with van der Waals surface area (Å²) >= 11 is 5.95. The molecule has 0 bridgehead atoms. The Kier molecular flexibility index (Phi) is 5.72. The van der Waals surface area contributed by atoms with Gasteiger partial charge in [-0.05, 0) is 42.5 Å². The Balaban J connectivity index is 1.78. The van der Waals surface area contributed by atoms with E-state index in [4.69, 9.17) is 16.3 Å². The number of nitrogens with zero attached hydrogens (tertiary/aromatic N) is 2. The lowest BCUT2D eigenvalue weighted by Crippen LogP contribution is -2.13. The molecule has 0 aliphatic heterocycles. The number of sulfonamides is 1. The number of aromatic nitrogens is 3. The van der Waals surface area contributed by atoms with Crippen LogP contribution in [-0.4, -0.2) is 36.6 Å². The molecule has 0 aliphatic carbocycles. The van der Waals surface area contributed by atoms with E-state index >= 15 is 0 Å². The fourth-order valence-corrected chi connectivity index (χ4v) is 4.43. The van der Waals surface area contributed by atoms with Crippen molar-refractivity contribution in [2.24, 2.45) is 0 Å². The summed E-state index contributed by atoms with van der Waals surface area (Å²) in [4.78, 5) is 15.8. The summed E-state index contributed by atoms with van der Waals surface area (Å²) < 4.78 is 33.9. The molecule has 11 heteroatoms. The predicted molar refractivity (Wildman–Crippen MR) is 122 cm³/mol. The number of rotatable bonds is 6. The lowest BCUT2D eigenvalue weighted by molar-refractivity contribution is -0.114. The molecule has 0 aliphatic rings. The van der Waals surface area contributed by atoms with Crippen LogP contribution in [0.2, 0.25) is 5.02 Å². The summed E-state index contributed by atoms with van der Waals surface area (Å²) in [6, 6.07) is 12.7. The number of nitrogens with one attached hydrogen (secondary N) is 3. The van der Waals surface area contributed by atoms with Crippen molar-refractivity contribution in [1.82, 2.24) is 15.2 Å². The number of methoxy groups -OCH3 is 1. The minimum absolute atomic E-state index is 0.0302. The Hall–Kier alpha value is -3.63. The first-order valence-electron chi connectivity index (χ1n) is 9.35. The highest BCUT2D eigenvalue weighted by Gasteiger charge is 2.19. The number of aromatic amines is 1. The lowest BCUT2D eigenvalue weighted by atomic mass is 10.1. The third-order valence-corrected chi connectivity index (χ3v) is 6.19. The van der Waals surface area contributed by atoms with Gasteiger partial charge in [-0.25, -0.2) is 13.4 Å². The van der Waals surface area contributed by atoms with E-state index < -0.39 is 10.0 Å². The standard InChI is InChI=1S/C21H18ClN5O4S/c1-12(28)24-21-18-8-13(11-23-20(18)25-26-21)17-10-16(6-7-19(17)31-2)32(29,30)27-15-5-3-4-14(22)9-15/h3-11,27H,1-2H3,(H2,23,24,25,26,28). The van der Waals surface area contributed by atoms with Crippen molar-refractivity contribution in [3.63, 3.8) is 0 Å². The van der Waals surface area contributed by atoms with Gasteiger partial charge in [-0.2, -0.15) is 5.10 Å². The highest BCUT2D eigenvalue weighted by atomic mass is 35.5. The van der Waals surface area contributed by atoms with Crippen molar-refractivity contribution in [2.45, 2.75) is 11.8 Å². The second-order valence-corrected chi connectivity index (χ2v) is 8.97. The number of carbonyl (C=O) groups excluding carboxylic acids is 1. The Morgan fingerprint density at radius 1 is 1.16 bits per heavy atom. The molecular formula is C21H18ClN5O4S. The highest BCUT2D eigenvalue weighted by Crippen LogP contribution is 2.34. The topological polar surface area (TPSA) is 126 Å². The molecule has 2 aromatic carbocycles. The number of hydrogen-bond acceptors (Lipinski definition) is 6. The normalized spacial score (nSPS) is 11.3. The Bertz CT molecular complexity index is 1440. The number of ether oxygens (including phenoxy) is 1. The van der Waals surface area contributed by atoms with Gasteiger partial charge in [-0.3, -0.25) is 14.6 Å². The van der Waals surface area contributed by atoms with Gasteiger partial charge in [0.25, 0.3) is 10.0 Å². The maximum absolute atomic E-state index is 13.0. The highest BCUT2D eigenvalue weighted by molar-refractivity contribution is 7.92. The van der Waals surface area contributed by atoms with E-state index in [1.807, 2.05) is 0 Å². The smallest absolute Gasteiger partial charge is 0.261 e. The Morgan fingerprint density at radius 3 is 2.69 bits per heavy atom. The van der Waals surface area contributed by atoms with Gasteiger partial charge >= 0.3 is 0 Å². The van der Waals surface area contributed by atoms with Gasteiger partial charge in [0, 0.05) is 29.3 Å². The number of hydrogen-bond donors (Lipinski definition) is 3. The Labute approximate surface area is 188 Å². The van der Waals surface area contributed by atoms with Crippen LogP contribution in [0.15, 0.2) is 59.6 Å². The van der Waals surface area contributed by atoms with Crippen LogP contribution < -0.4 is 14.8 Å². The van der Waals surface area contributed by atoms with Crippen LogP contribution in [0.4, 0.5) is 11.5 Å². The zero-order chi connectivity index (χ0) is 22.9. The number of halogens is 1. The van der Waals surface area contributed by atoms with Crippen molar-refractivity contribution < 1.29 is 17.9 Å². The number of pyridine rings is 1. The SMILES string of the molecule is COc1ccc(S(=O)(=O)Nc2cccc(Cl)c2)cc1-c1cnc2n[nH]c(NC(C)=O)c2c1. The summed E-state index contributed by atoms with van der Waals surface area (Å²) in [5.41, 5.74) is 1.84. The first-order chi connectivity index (χ1) is 15.3. The summed E-state index contributed by atoms with van der Waals surface area (Å²) in [6.45, 7) is 1.38. The zero-order valence-corrected chi connectivity index (χ0v) is 18.6. The fourth-order valence-electron chi connectivity index (χ4n) is 3.16. The average molecular weight is 472 g/mol. The maximum Gasteiger partial charge on any atom is 0.261 e. The van der Waals surface area contributed by atoms with Crippen LogP contribution >= 0.6 is 11.6 Å². The molecule has 0 spiro atoms. The molecule has 3 N–H and O–H groups in total. The number of fused-ring (bicyclic) bond motifs is 1. The van der Waals surface area contributed by atoms with Crippen molar-refractivity contribution in [1.29, 1.82) is 0 Å². The molecule has 32 heavy (non-hydrogen) atoms. The number of anilines is 2. The van der Waals surface area contributed by atoms with Gasteiger partial charge in [0.2, 0.25) is 5.91 Å². The summed E-state index contributed by atoms with van der Waals surface area (Å²) in [5.74, 6) is 0.586. The van der Waals surface area contributed by atoms with E-state index in [1.54, 1.807) is 36.5 Å². The number of benzene rings is 2. The van der Waals surface area contributed by atoms with Crippen LogP contribution in [-0.2, 0) is 14.8 Å².